The Morgan fingerprint density at radius 2 is 1.35 bits per heavy atom. The second-order valence-electron chi connectivity index (χ2n) is 2.88. The maximum absolute atomic E-state index is 10.4. The minimum Gasteiger partial charge on any atom is -0.469 e. The molecule has 0 rings (SSSR count). The number of aliphatic hydroxyl groups excluding tert-OH is 1. The van der Waals surface area contributed by atoms with E-state index in [9.17, 15) is 9.59 Å². The minimum atomic E-state index is -0.123. The van der Waals surface area contributed by atoms with Gasteiger partial charge in [0.1, 0.15) is 0 Å². The molecule has 104 valence electrons. The minimum absolute atomic E-state index is 0.0880. The molecule has 0 amide bonds. The number of hydrogen-bond acceptors (Lipinski definition) is 5. The van der Waals surface area contributed by atoms with E-state index in [2.05, 4.69) is 9.47 Å². The molecule has 0 aromatic heterocycles. The lowest BCUT2D eigenvalue weighted by Crippen LogP contribution is -2.01. The highest BCUT2D eigenvalue weighted by molar-refractivity contribution is 5.69. The first-order valence-corrected chi connectivity index (χ1v) is 5.79. The molecule has 0 saturated carbocycles. The van der Waals surface area contributed by atoms with Crippen molar-refractivity contribution in [3.05, 3.63) is 0 Å². The van der Waals surface area contributed by atoms with E-state index in [-0.39, 0.29) is 11.9 Å². The molecule has 0 aliphatic carbocycles. The Balaban J connectivity index is -0.000000202. The number of carbonyl (C=O) groups excluding carboxylic acids is 2. The van der Waals surface area contributed by atoms with Crippen LogP contribution in [-0.2, 0) is 19.1 Å². The first kappa shape index (κ1) is 21.2. The van der Waals surface area contributed by atoms with Crippen molar-refractivity contribution in [2.24, 2.45) is 0 Å². The van der Waals surface area contributed by atoms with Crippen molar-refractivity contribution in [2.45, 2.75) is 46.5 Å². The fraction of sp³-hybridized carbons (Fsp3) is 0.833. The molecule has 5 heteroatoms. The van der Waals surface area contributed by atoms with E-state index < -0.39 is 0 Å². The lowest BCUT2D eigenvalue weighted by atomic mass is 10.3. The summed E-state index contributed by atoms with van der Waals surface area (Å²) >= 11 is 0. The Bertz CT molecular complexity index is 160. The summed E-state index contributed by atoms with van der Waals surface area (Å²) in [5.74, 6) is -0.211. The summed E-state index contributed by atoms with van der Waals surface area (Å²) in [5, 5.41) is 7.00. The van der Waals surface area contributed by atoms with Crippen LogP contribution >= 0.6 is 0 Å². The van der Waals surface area contributed by atoms with Gasteiger partial charge in [-0.25, -0.2) is 0 Å². The topological polar surface area (TPSA) is 72.8 Å². The summed E-state index contributed by atoms with van der Waals surface area (Å²) in [6, 6.07) is 0. The van der Waals surface area contributed by atoms with Crippen molar-refractivity contribution in [1.82, 2.24) is 0 Å². The van der Waals surface area contributed by atoms with Crippen LogP contribution in [-0.4, -0.2) is 37.9 Å². The molecule has 0 aliphatic heterocycles. The van der Waals surface area contributed by atoms with Gasteiger partial charge in [0, 0.05) is 20.0 Å². The molecule has 0 atom stereocenters. The molecule has 0 saturated heterocycles. The van der Waals surface area contributed by atoms with Gasteiger partial charge in [0.05, 0.1) is 13.7 Å². The Kier molecular flexibility index (Phi) is 25.4. The van der Waals surface area contributed by atoms with Gasteiger partial charge in [-0.15, -0.1) is 0 Å². The van der Waals surface area contributed by atoms with Crippen molar-refractivity contribution in [1.29, 1.82) is 0 Å². The van der Waals surface area contributed by atoms with Gasteiger partial charge in [-0.2, -0.15) is 0 Å². The van der Waals surface area contributed by atoms with Crippen molar-refractivity contribution in [2.75, 3.05) is 20.8 Å². The van der Waals surface area contributed by atoms with Crippen LogP contribution in [0.1, 0.15) is 46.5 Å². The third-order valence-electron chi connectivity index (χ3n) is 1.44. The highest BCUT2D eigenvalue weighted by Gasteiger charge is 1.95. The van der Waals surface area contributed by atoms with Gasteiger partial charge in [-0.1, -0.05) is 13.8 Å². The quantitative estimate of drug-likeness (QED) is 0.755. The average Bonchev–Trinajstić information content (AvgIpc) is 2.33. The molecule has 1 N–H and O–H groups in total. The molecule has 0 aromatic rings. The molecule has 0 unspecified atom stereocenters. The molecule has 0 aromatic carbocycles. The third-order valence-corrected chi connectivity index (χ3v) is 1.44. The van der Waals surface area contributed by atoms with Crippen LogP contribution < -0.4 is 0 Å². The highest BCUT2D eigenvalue weighted by atomic mass is 16.5. The number of rotatable bonds is 5. The zero-order valence-electron chi connectivity index (χ0n) is 11.6. The highest BCUT2D eigenvalue weighted by Crippen LogP contribution is 1.89. The SMILES string of the molecule is CCCC(=O)OC.CCCC(=O)OCC.CO. The molecule has 0 spiro atoms. The number of esters is 2. The van der Waals surface area contributed by atoms with Crippen molar-refractivity contribution in [3.8, 4) is 0 Å². The predicted molar refractivity (Wildman–Crippen MR) is 66.6 cm³/mol. The van der Waals surface area contributed by atoms with Gasteiger partial charge in [-0.05, 0) is 19.8 Å². The van der Waals surface area contributed by atoms with Gasteiger partial charge in [0.25, 0.3) is 0 Å². The van der Waals surface area contributed by atoms with Crippen LogP contribution in [0.5, 0.6) is 0 Å². The predicted octanol–water partition coefficient (Wildman–Crippen LogP) is 1.92. The van der Waals surface area contributed by atoms with Crippen LogP contribution in [0.25, 0.3) is 0 Å². The maximum atomic E-state index is 10.4. The van der Waals surface area contributed by atoms with Gasteiger partial charge >= 0.3 is 11.9 Å². The Hall–Kier alpha value is -1.10. The van der Waals surface area contributed by atoms with Crippen LogP contribution in [0, 0.1) is 0 Å². The fourth-order valence-electron chi connectivity index (χ4n) is 0.743. The second-order valence-corrected chi connectivity index (χ2v) is 2.88. The zero-order chi connectivity index (χ0) is 14.1. The largest absolute Gasteiger partial charge is 0.469 e. The number of ether oxygens (including phenoxy) is 2. The average molecular weight is 250 g/mol. The normalized spacial score (nSPS) is 7.88. The Morgan fingerprint density at radius 3 is 1.59 bits per heavy atom. The molecule has 0 radical (unpaired) electrons. The second kappa shape index (κ2) is 20.3. The summed E-state index contributed by atoms with van der Waals surface area (Å²) in [7, 11) is 2.40. The monoisotopic (exact) mass is 250 g/mol. The van der Waals surface area contributed by atoms with E-state index in [1.807, 2.05) is 20.8 Å². The Morgan fingerprint density at radius 1 is 0.941 bits per heavy atom. The molecule has 0 bridgehead atoms. The van der Waals surface area contributed by atoms with Crippen LogP contribution in [0.4, 0.5) is 0 Å². The molecular formula is C12H26O5. The standard InChI is InChI=1S/C6H12O2.C5H10O2.CH4O/c1-3-5-6(7)8-4-2;1-3-4-5(6)7-2;1-2/h3-5H2,1-2H3;3-4H2,1-2H3;2H,1H3. The molecular weight excluding hydrogens is 224 g/mol. The van der Waals surface area contributed by atoms with Crippen molar-refractivity contribution in [3.63, 3.8) is 0 Å². The lowest BCUT2D eigenvalue weighted by Gasteiger charge is -1.96. The van der Waals surface area contributed by atoms with E-state index in [4.69, 9.17) is 5.11 Å². The number of carbonyl (C=O) groups is 2. The van der Waals surface area contributed by atoms with E-state index in [1.165, 1.54) is 7.11 Å². The summed E-state index contributed by atoms with van der Waals surface area (Å²) in [5.41, 5.74) is 0. The van der Waals surface area contributed by atoms with Crippen molar-refractivity contribution < 1.29 is 24.2 Å². The van der Waals surface area contributed by atoms with E-state index in [1.54, 1.807) is 0 Å². The van der Waals surface area contributed by atoms with Crippen molar-refractivity contribution >= 4 is 11.9 Å². The number of methoxy groups -OCH3 is 1. The summed E-state index contributed by atoms with van der Waals surface area (Å²) < 4.78 is 9.00. The van der Waals surface area contributed by atoms with Gasteiger partial charge in [0.2, 0.25) is 0 Å². The van der Waals surface area contributed by atoms with Gasteiger partial charge in [-0.3, -0.25) is 9.59 Å². The van der Waals surface area contributed by atoms with E-state index >= 15 is 0 Å². The third kappa shape index (κ3) is 25.3. The molecule has 0 heterocycles. The fourth-order valence-corrected chi connectivity index (χ4v) is 0.743. The number of aliphatic hydroxyl groups is 1. The van der Waals surface area contributed by atoms with Gasteiger partial charge < -0.3 is 14.6 Å². The number of hydrogen-bond donors (Lipinski definition) is 1. The summed E-state index contributed by atoms with van der Waals surface area (Å²) in [4.78, 5) is 20.6. The molecule has 0 fully saturated rings. The summed E-state index contributed by atoms with van der Waals surface area (Å²) in [6.45, 7) is 6.21. The van der Waals surface area contributed by atoms with Crippen LogP contribution in [0.15, 0.2) is 0 Å². The van der Waals surface area contributed by atoms with Gasteiger partial charge in [0.15, 0.2) is 0 Å². The molecule has 5 nitrogen and oxygen atoms in total. The molecule has 0 aliphatic rings. The van der Waals surface area contributed by atoms with E-state index in [0.29, 0.717) is 19.4 Å². The van der Waals surface area contributed by atoms with E-state index in [0.717, 1.165) is 20.0 Å². The summed E-state index contributed by atoms with van der Waals surface area (Å²) in [6.07, 6.45) is 2.83. The maximum Gasteiger partial charge on any atom is 0.305 e. The lowest BCUT2D eigenvalue weighted by molar-refractivity contribution is -0.143. The smallest absolute Gasteiger partial charge is 0.305 e. The Labute approximate surface area is 104 Å². The first-order valence-electron chi connectivity index (χ1n) is 5.79. The van der Waals surface area contributed by atoms with Crippen LogP contribution in [0.3, 0.4) is 0 Å². The zero-order valence-corrected chi connectivity index (χ0v) is 11.6. The first-order chi connectivity index (χ1) is 8.12. The van der Waals surface area contributed by atoms with Crippen LogP contribution in [0.2, 0.25) is 0 Å². The molecule has 17 heavy (non-hydrogen) atoms.